The van der Waals surface area contributed by atoms with Crippen LogP contribution in [0.5, 0.6) is 0 Å². The lowest BCUT2D eigenvalue weighted by Gasteiger charge is -1.77. The van der Waals surface area contributed by atoms with Crippen LogP contribution in [-0.4, -0.2) is 17.9 Å². The monoisotopic (exact) mass is 103 g/mol. The van der Waals surface area contributed by atoms with Crippen LogP contribution in [0.1, 0.15) is 20.3 Å². The van der Waals surface area contributed by atoms with Crippen molar-refractivity contribution in [2.24, 2.45) is 0 Å². The van der Waals surface area contributed by atoms with E-state index in [9.17, 15) is 0 Å². The second kappa shape index (κ2) is 9.16. The van der Waals surface area contributed by atoms with Gasteiger partial charge in [0.25, 0.3) is 0 Å². The quantitative estimate of drug-likeness (QED) is 0.478. The van der Waals surface area contributed by atoms with Gasteiger partial charge in [0.2, 0.25) is 0 Å². The third-order valence-corrected chi connectivity index (χ3v) is 0.530. The molecule has 2 N–H and O–H groups in total. The SMILES string of the molecule is CCC(C)=N.CO. The zero-order valence-electron chi connectivity index (χ0n) is 5.15. The third-order valence-electron chi connectivity index (χ3n) is 0.530. The van der Waals surface area contributed by atoms with Gasteiger partial charge in [-0.2, -0.15) is 0 Å². The maximum atomic E-state index is 7.00. The highest BCUT2D eigenvalue weighted by molar-refractivity contribution is 5.77. The fourth-order valence-corrected chi connectivity index (χ4v) is 0. The Kier molecular flexibility index (Phi) is 12.8. The zero-order chi connectivity index (χ0) is 6.28. The van der Waals surface area contributed by atoms with Crippen LogP contribution in [0, 0.1) is 5.41 Å². The van der Waals surface area contributed by atoms with Crippen molar-refractivity contribution in [1.82, 2.24) is 0 Å². The smallest absolute Gasteiger partial charge is 0.0319 e. The van der Waals surface area contributed by atoms with Gasteiger partial charge in [0.05, 0.1) is 0 Å². The summed E-state index contributed by atoms with van der Waals surface area (Å²) in [5.41, 5.74) is 0.755. The molecule has 0 heterocycles. The van der Waals surface area contributed by atoms with Crippen LogP contribution in [0.3, 0.4) is 0 Å². The normalized spacial score (nSPS) is 6.29. The number of hydrogen-bond acceptors (Lipinski definition) is 2. The summed E-state index contributed by atoms with van der Waals surface area (Å²) in [5, 5.41) is 13.7. The van der Waals surface area contributed by atoms with Crippen molar-refractivity contribution in [2.75, 3.05) is 7.11 Å². The van der Waals surface area contributed by atoms with Gasteiger partial charge in [-0.1, -0.05) is 6.92 Å². The van der Waals surface area contributed by atoms with Gasteiger partial charge in [0, 0.05) is 12.8 Å². The van der Waals surface area contributed by atoms with Crippen molar-refractivity contribution in [3.63, 3.8) is 0 Å². The first-order chi connectivity index (χ1) is 3.27. The Morgan fingerprint density at radius 1 is 1.57 bits per heavy atom. The van der Waals surface area contributed by atoms with Gasteiger partial charge in [-0.3, -0.25) is 0 Å². The van der Waals surface area contributed by atoms with Crippen LogP contribution < -0.4 is 0 Å². The molecule has 0 amide bonds. The molecule has 0 atom stereocenters. The maximum absolute atomic E-state index is 7.00. The Balaban J connectivity index is 0. The van der Waals surface area contributed by atoms with Crippen molar-refractivity contribution in [3.8, 4) is 0 Å². The van der Waals surface area contributed by atoms with Crippen LogP contribution in [0.15, 0.2) is 0 Å². The first-order valence-electron chi connectivity index (χ1n) is 2.26. The fraction of sp³-hybridized carbons (Fsp3) is 0.800. The van der Waals surface area contributed by atoms with Crippen molar-refractivity contribution >= 4 is 5.71 Å². The van der Waals surface area contributed by atoms with Crippen LogP contribution in [0.2, 0.25) is 0 Å². The summed E-state index contributed by atoms with van der Waals surface area (Å²) < 4.78 is 0. The Morgan fingerprint density at radius 3 is 1.71 bits per heavy atom. The van der Waals surface area contributed by atoms with E-state index in [1.807, 2.05) is 6.92 Å². The molecular formula is C5H13NO. The van der Waals surface area contributed by atoms with Gasteiger partial charge < -0.3 is 10.5 Å². The highest BCUT2D eigenvalue weighted by atomic mass is 16.2. The Labute approximate surface area is 44.7 Å². The predicted octanol–water partition coefficient (Wildman–Crippen LogP) is 1.04. The summed E-state index contributed by atoms with van der Waals surface area (Å²) in [6.45, 7) is 3.78. The molecule has 0 saturated heterocycles. The van der Waals surface area contributed by atoms with Gasteiger partial charge >= 0.3 is 0 Å². The summed E-state index contributed by atoms with van der Waals surface area (Å²) >= 11 is 0. The molecule has 0 aliphatic carbocycles. The molecule has 0 aliphatic rings. The van der Waals surface area contributed by atoms with Gasteiger partial charge in [0.15, 0.2) is 0 Å². The van der Waals surface area contributed by atoms with Crippen molar-refractivity contribution in [1.29, 1.82) is 5.41 Å². The number of hydrogen-bond donors (Lipinski definition) is 2. The molecule has 0 spiro atoms. The number of aliphatic hydroxyl groups is 1. The molecule has 0 bridgehead atoms. The Hall–Kier alpha value is -0.370. The van der Waals surface area contributed by atoms with E-state index in [2.05, 4.69) is 0 Å². The fourth-order valence-electron chi connectivity index (χ4n) is 0. The summed E-state index contributed by atoms with van der Waals surface area (Å²) in [6, 6.07) is 0. The van der Waals surface area contributed by atoms with Crippen LogP contribution in [0.25, 0.3) is 0 Å². The highest BCUT2D eigenvalue weighted by Crippen LogP contribution is 1.72. The molecule has 0 aliphatic heterocycles. The average Bonchev–Trinajstić information content (AvgIpc) is 1.73. The molecule has 7 heavy (non-hydrogen) atoms. The molecule has 0 unspecified atom stereocenters. The average molecular weight is 103 g/mol. The predicted molar refractivity (Wildman–Crippen MR) is 31.8 cm³/mol. The number of aliphatic hydroxyl groups excluding tert-OH is 1. The molecule has 0 aromatic heterocycles. The molecule has 2 nitrogen and oxygen atoms in total. The largest absolute Gasteiger partial charge is 0.400 e. The zero-order valence-corrected chi connectivity index (χ0v) is 5.15. The highest BCUT2D eigenvalue weighted by Gasteiger charge is 1.70. The second-order valence-electron chi connectivity index (χ2n) is 1.13. The lowest BCUT2D eigenvalue weighted by molar-refractivity contribution is 0.399. The minimum Gasteiger partial charge on any atom is -0.400 e. The van der Waals surface area contributed by atoms with E-state index in [0.717, 1.165) is 19.2 Å². The number of nitrogens with one attached hydrogen (secondary N) is 1. The van der Waals surface area contributed by atoms with Crippen molar-refractivity contribution in [3.05, 3.63) is 0 Å². The second-order valence-corrected chi connectivity index (χ2v) is 1.13. The summed E-state index contributed by atoms with van der Waals surface area (Å²) in [7, 11) is 1.00. The summed E-state index contributed by atoms with van der Waals surface area (Å²) in [5.74, 6) is 0. The Morgan fingerprint density at radius 2 is 1.71 bits per heavy atom. The topological polar surface area (TPSA) is 44.1 Å². The van der Waals surface area contributed by atoms with E-state index >= 15 is 0 Å². The van der Waals surface area contributed by atoms with Crippen LogP contribution in [0.4, 0.5) is 0 Å². The lowest BCUT2D eigenvalue weighted by atomic mass is 10.3. The van der Waals surface area contributed by atoms with E-state index in [1.165, 1.54) is 0 Å². The molecule has 0 rings (SSSR count). The van der Waals surface area contributed by atoms with E-state index in [4.69, 9.17) is 10.5 Å². The molecule has 44 valence electrons. The van der Waals surface area contributed by atoms with Crippen LogP contribution >= 0.6 is 0 Å². The number of rotatable bonds is 1. The van der Waals surface area contributed by atoms with E-state index in [1.54, 1.807) is 6.92 Å². The van der Waals surface area contributed by atoms with E-state index in [-0.39, 0.29) is 0 Å². The minimum atomic E-state index is 0.755. The van der Waals surface area contributed by atoms with Gasteiger partial charge in [-0.15, -0.1) is 0 Å². The van der Waals surface area contributed by atoms with Crippen molar-refractivity contribution < 1.29 is 5.11 Å². The third kappa shape index (κ3) is 27.9. The Bertz CT molecular complexity index is 43.3. The van der Waals surface area contributed by atoms with E-state index in [0.29, 0.717) is 0 Å². The van der Waals surface area contributed by atoms with Crippen LogP contribution in [-0.2, 0) is 0 Å². The van der Waals surface area contributed by atoms with E-state index < -0.39 is 0 Å². The first kappa shape index (κ1) is 9.80. The molecule has 0 aromatic rings. The molecule has 0 fully saturated rings. The summed E-state index contributed by atoms with van der Waals surface area (Å²) in [4.78, 5) is 0. The van der Waals surface area contributed by atoms with Gasteiger partial charge in [0.1, 0.15) is 0 Å². The maximum Gasteiger partial charge on any atom is 0.0319 e. The summed E-state index contributed by atoms with van der Waals surface area (Å²) in [6.07, 6.45) is 0.889. The minimum absolute atomic E-state index is 0.755. The molecule has 0 radical (unpaired) electrons. The molecular weight excluding hydrogens is 90.1 g/mol. The van der Waals surface area contributed by atoms with Gasteiger partial charge in [-0.05, 0) is 13.3 Å². The first-order valence-corrected chi connectivity index (χ1v) is 2.26. The van der Waals surface area contributed by atoms with Crippen molar-refractivity contribution in [2.45, 2.75) is 20.3 Å². The molecule has 2 heteroatoms. The molecule has 0 saturated carbocycles. The van der Waals surface area contributed by atoms with Gasteiger partial charge in [-0.25, -0.2) is 0 Å². The standard InChI is InChI=1S/C4H9N.CH4O/c1-3-4(2)5;1-2/h5H,3H2,1-2H3;2H,1H3. The lowest BCUT2D eigenvalue weighted by Crippen LogP contribution is -1.78. The molecule has 0 aromatic carbocycles.